The minimum absolute atomic E-state index is 0.675. The molecule has 2 aromatic carbocycles. The summed E-state index contributed by atoms with van der Waals surface area (Å²) in [6, 6.07) is 16.9. The molecule has 1 nitrogen and oxygen atoms in total. The minimum Gasteiger partial charge on any atom is -0.399 e. The zero-order valence-electron chi connectivity index (χ0n) is 10.0. The van der Waals surface area contributed by atoms with Gasteiger partial charge in [0.25, 0.3) is 0 Å². The molecule has 0 saturated carbocycles. The van der Waals surface area contributed by atoms with Gasteiger partial charge in [-0.2, -0.15) is 0 Å². The summed E-state index contributed by atoms with van der Waals surface area (Å²) in [5.74, 6) is 3.03. The fourth-order valence-corrected chi connectivity index (χ4v) is 4.55. The van der Waals surface area contributed by atoms with E-state index in [0.717, 1.165) is 11.4 Å². The van der Waals surface area contributed by atoms with Crippen molar-refractivity contribution in [2.45, 2.75) is 15.7 Å². The summed E-state index contributed by atoms with van der Waals surface area (Å²) in [6.45, 7) is 0. The SMILES string of the molecule is Nc1ccc(SCC2CSc3ccccc32)cc1. The third-order valence-corrected chi connectivity index (χ3v) is 5.56. The number of benzene rings is 2. The third kappa shape index (κ3) is 2.52. The van der Waals surface area contributed by atoms with Crippen LogP contribution in [0.25, 0.3) is 0 Å². The van der Waals surface area contributed by atoms with Crippen molar-refractivity contribution in [3.05, 3.63) is 54.1 Å². The Kier molecular flexibility index (Phi) is 3.52. The van der Waals surface area contributed by atoms with Gasteiger partial charge in [-0.05, 0) is 35.9 Å². The van der Waals surface area contributed by atoms with Gasteiger partial charge in [-0.15, -0.1) is 23.5 Å². The first-order chi connectivity index (χ1) is 8.83. The summed E-state index contributed by atoms with van der Waals surface area (Å²) in [4.78, 5) is 2.76. The number of hydrogen-bond donors (Lipinski definition) is 1. The fourth-order valence-electron chi connectivity index (χ4n) is 2.13. The van der Waals surface area contributed by atoms with E-state index in [1.807, 2.05) is 35.7 Å². The summed E-state index contributed by atoms with van der Waals surface area (Å²) >= 11 is 3.90. The second-order valence-corrected chi connectivity index (χ2v) is 6.58. The van der Waals surface area contributed by atoms with Crippen molar-refractivity contribution in [1.82, 2.24) is 0 Å². The van der Waals surface area contributed by atoms with E-state index in [1.54, 1.807) is 0 Å². The van der Waals surface area contributed by atoms with Crippen LogP contribution in [0.4, 0.5) is 5.69 Å². The Hall–Kier alpha value is -1.06. The van der Waals surface area contributed by atoms with Crippen molar-refractivity contribution in [2.75, 3.05) is 17.2 Å². The van der Waals surface area contributed by atoms with E-state index in [0.29, 0.717) is 5.92 Å². The lowest BCUT2D eigenvalue weighted by molar-refractivity contribution is 0.896. The first kappa shape index (κ1) is 12.0. The van der Waals surface area contributed by atoms with E-state index in [1.165, 1.54) is 21.1 Å². The second kappa shape index (κ2) is 5.29. The Bertz CT molecular complexity index is 536. The molecule has 0 fully saturated rings. The van der Waals surface area contributed by atoms with Gasteiger partial charge in [0.2, 0.25) is 0 Å². The van der Waals surface area contributed by atoms with Crippen LogP contribution in [0.15, 0.2) is 58.3 Å². The Morgan fingerprint density at radius 1 is 1.11 bits per heavy atom. The Balaban J connectivity index is 1.67. The van der Waals surface area contributed by atoms with Gasteiger partial charge < -0.3 is 5.73 Å². The number of fused-ring (bicyclic) bond motifs is 1. The Labute approximate surface area is 116 Å². The summed E-state index contributed by atoms with van der Waals surface area (Å²) in [5, 5.41) is 0. The molecule has 1 heterocycles. The monoisotopic (exact) mass is 273 g/mol. The van der Waals surface area contributed by atoms with Crippen molar-refractivity contribution < 1.29 is 0 Å². The molecule has 0 spiro atoms. The van der Waals surface area contributed by atoms with Gasteiger partial charge in [0.1, 0.15) is 0 Å². The number of nitrogen functional groups attached to an aromatic ring is 1. The highest BCUT2D eigenvalue weighted by atomic mass is 32.2. The molecule has 2 aromatic rings. The summed E-state index contributed by atoms with van der Waals surface area (Å²) in [6.07, 6.45) is 0. The molecule has 3 heteroatoms. The van der Waals surface area contributed by atoms with E-state index < -0.39 is 0 Å². The van der Waals surface area contributed by atoms with Gasteiger partial charge >= 0.3 is 0 Å². The van der Waals surface area contributed by atoms with Crippen LogP contribution in [0.1, 0.15) is 11.5 Å². The maximum atomic E-state index is 5.70. The molecule has 18 heavy (non-hydrogen) atoms. The molecule has 3 rings (SSSR count). The van der Waals surface area contributed by atoms with E-state index in [-0.39, 0.29) is 0 Å². The molecule has 2 N–H and O–H groups in total. The summed E-state index contributed by atoms with van der Waals surface area (Å²) in [5.41, 5.74) is 8.05. The minimum atomic E-state index is 0.675. The largest absolute Gasteiger partial charge is 0.399 e. The zero-order valence-corrected chi connectivity index (χ0v) is 11.6. The Morgan fingerprint density at radius 3 is 2.72 bits per heavy atom. The second-order valence-electron chi connectivity index (χ2n) is 4.43. The Morgan fingerprint density at radius 2 is 1.89 bits per heavy atom. The van der Waals surface area contributed by atoms with Crippen LogP contribution in [0.3, 0.4) is 0 Å². The summed E-state index contributed by atoms with van der Waals surface area (Å²) in [7, 11) is 0. The molecule has 0 aromatic heterocycles. The molecule has 1 unspecified atom stereocenters. The number of thioether (sulfide) groups is 2. The van der Waals surface area contributed by atoms with E-state index in [9.17, 15) is 0 Å². The zero-order chi connectivity index (χ0) is 12.4. The van der Waals surface area contributed by atoms with Crippen molar-refractivity contribution in [3.63, 3.8) is 0 Å². The predicted octanol–water partition coefficient (Wildman–Crippen LogP) is 4.25. The van der Waals surface area contributed by atoms with Crippen molar-refractivity contribution in [3.8, 4) is 0 Å². The third-order valence-electron chi connectivity index (χ3n) is 3.13. The van der Waals surface area contributed by atoms with Crippen molar-refractivity contribution in [1.29, 1.82) is 0 Å². The topological polar surface area (TPSA) is 26.0 Å². The number of anilines is 1. The smallest absolute Gasteiger partial charge is 0.0314 e. The van der Waals surface area contributed by atoms with Crippen LogP contribution < -0.4 is 5.73 Å². The first-order valence-electron chi connectivity index (χ1n) is 6.03. The van der Waals surface area contributed by atoms with Crippen LogP contribution in [-0.2, 0) is 0 Å². The number of hydrogen-bond acceptors (Lipinski definition) is 3. The molecule has 0 aliphatic carbocycles. The maximum Gasteiger partial charge on any atom is 0.0314 e. The van der Waals surface area contributed by atoms with E-state index in [4.69, 9.17) is 5.73 Å². The lowest BCUT2D eigenvalue weighted by Gasteiger charge is -2.10. The van der Waals surface area contributed by atoms with E-state index in [2.05, 4.69) is 36.4 Å². The fraction of sp³-hybridized carbons (Fsp3) is 0.200. The van der Waals surface area contributed by atoms with Gasteiger partial charge in [0.05, 0.1) is 0 Å². The average molecular weight is 273 g/mol. The molecule has 1 aliphatic rings. The molecular formula is C15H15NS2. The highest BCUT2D eigenvalue weighted by Crippen LogP contribution is 2.41. The lowest BCUT2D eigenvalue weighted by atomic mass is 10.0. The number of nitrogens with two attached hydrogens (primary N) is 1. The predicted molar refractivity (Wildman–Crippen MR) is 81.5 cm³/mol. The standard InChI is InChI=1S/C15H15NS2/c16-12-5-7-13(8-6-12)17-9-11-10-18-15-4-2-1-3-14(11)15/h1-8,11H,9-10,16H2. The quantitative estimate of drug-likeness (QED) is 0.669. The molecule has 0 radical (unpaired) electrons. The number of rotatable bonds is 3. The van der Waals surface area contributed by atoms with Gasteiger partial charge in [-0.3, -0.25) is 0 Å². The molecule has 1 atom stereocenters. The molecule has 92 valence electrons. The first-order valence-corrected chi connectivity index (χ1v) is 8.00. The molecular weight excluding hydrogens is 258 g/mol. The lowest BCUT2D eigenvalue weighted by Crippen LogP contribution is -1.99. The van der Waals surface area contributed by atoms with Crippen LogP contribution in [0.2, 0.25) is 0 Å². The summed E-state index contributed by atoms with van der Waals surface area (Å²) < 4.78 is 0. The van der Waals surface area contributed by atoms with Crippen LogP contribution >= 0.6 is 23.5 Å². The van der Waals surface area contributed by atoms with Gasteiger partial charge in [-0.25, -0.2) is 0 Å². The van der Waals surface area contributed by atoms with Gasteiger partial charge in [0.15, 0.2) is 0 Å². The highest BCUT2D eigenvalue weighted by Gasteiger charge is 2.22. The van der Waals surface area contributed by atoms with Crippen LogP contribution in [0.5, 0.6) is 0 Å². The maximum absolute atomic E-state index is 5.70. The molecule has 1 aliphatic heterocycles. The van der Waals surface area contributed by atoms with Gasteiger partial charge in [0, 0.05) is 32.9 Å². The molecule has 0 saturated heterocycles. The highest BCUT2D eigenvalue weighted by molar-refractivity contribution is 8.00. The van der Waals surface area contributed by atoms with Crippen molar-refractivity contribution >= 4 is 29.2 Å². The van der Waals surface area contributed by atoms with E-state index >= 15 is 0 Å². The van der Waals surface area contributed by atoms with Crippen LogP contribution in [0, 0.1) is 0 Å². The van der Waals surface area contributed by atoms with Crippen LogP contribution in [-0.4, -0.2) is 11.5 Å². The molecule has 0 bridgehead atoms. The van der Waals surface area contributed by atoms with Crippen molar-refractivity contribution in [2.24, 2.45) is 0 Å². The normalized spacial score (nSPS) is 17.7. The molecule has 0 amide bonds. The average Bonchev–Trinajstić information content (AvgIpc) is 2.82. The van der Waals surface area contributed by atoms with Gasteiger partial charge in [-0.1, -0.05) is 18.2 Å².